The van der Waals surface area contributed by atoms with E-state index >= 15 is 0 Å². The van der Waals surface area contributed by atoms with Gasteiger partial charge in [-0.3, -0.25) is 4.79 Å². The molecule has 0 unspecified atom stereocenters. The molecule has 1 amide bonds. The maximum Gasteiger partial charge on any atom is 0.234 e. The number of aliphatic hydroxyl groups is 1. The largest absolute Gasteiger partial charge is 0.396 e. The van der Waals surface area contributed by atoms with E-state index in [2.05, 4.69) is 5.32 Å². The summed E-state index contributed by atoms with van der Waals surface area (Å²) < 4.78 is 0. The Bertz CT molecular complexity index is 371. The summed E-state index contributed by atoms with van der Waals surface area (Å²) >= 11 is 7.27. The minimum absolute atomic E-state index is 0.0693. The van der Waals surface area contributed by atoms with E-state index < -0.39 is 0 Å². The maximum atomic E-state index is 11.4. The summed E-state index contributed by atoms with van der Waals surface area (Å²) in [6.45, 7) is 1.98. The van der Waals surface area contributed by atoms with Crippen molar-refractivity contribution in [1.82, 2.24) is 0 Å². The number of carbonyl (C=O) groups is 1. The van der Waals surface area contributed by atoms with Crippen molar-refractivity contribution in [3.63, 3.8) is 0 Å². The molecular weight excluding hydrogens is 246 g/mol. The van der Waals surface area contributed by atoms with Gasteiger partial charge in [0.05, 0.1) is 12.4 Å². The molecule has 1 aromatic rings. The lowest BCUT2D eigenvalue weighted by Gasteiger charge is -2.06. The van der Waals surface area contributed by atoms with Gasteiger partial charge in [-0.05, 0) is 30.7 Å². The second-order valence-corrected chi connectivity index (χ2v) is 4.80. The van der Waals surface area contributed by atoms with Gasteiger partial charge >= 0.3 is 0 Å². The molecule has 0 aliphatic heterocycles. The van der Waals surface area contributed by atoms with Gasteiger partial charge in [0, 0.05) is 16.5 Å². The van der Waals surface area contributed by atoms with Gasteiger partial charge in [-0.1, -0.05) is 11.6 Å². The molecule has 16 heavy (non-hydrogen) atoms. The van der Waals surface area contributed by atoms with E-state index in [1.807, 2.05) is 13.0 Å². The molecule has 0 aromatic heterocycles. The zero-order valence-corrected chi connectivity index (χ0v) is 10.6. The predicted octanol–water partition coefficient (Wildman–Crippen LogP) is 2.31. The molecule has 0 bridgehead atoms. The summed E-state index contributed by atoms with van der Waals surface area (Å²) in [4.78, 5) is 11.4. The van der Waals surface area contributed by atoms with Crippen LogP contribution in [0, 0.1) is 6.92 Å². The fraction of sp³-hybridized carbons (Fsp3) is 0.364. The Kier molecular flexibility index (Phi) is 5.66. The minimum atomic E-state index is -0.0693. The molecule has 88 valence electrons. The van der Waals surface area contributed by atoms with Gasteiger partial charge in [0.25, 0.3) is 0 Å². The molecule has 1 aromatic carbocycles. The molecule has 0 fully saturated rings. The van der Waals surface area contributed by atoms with Crippen molar-refractivity contribution in [2.24, 2.45) is 0 Å². The third kappa shape index (κ3) is 4.43. The highest BCUT2D eigenvalue weighted by molar-refractivity contribution is 7.99. The van der Waals surface area contributed by atoms with Crippen molar-refractivity contribution in [3.05, 3.63) is 28.8 Å². The first-order chi connectivity index (χ1) is 7.63. The summed E-state index contributed by atoms with van der Waals surface area (Å²) in [6, 6.07) is 5.36. The smallest absolute Gasteiger partial charge is 0.234 e. The zero-order valence-electron chi connectivity index (χ0n) is 9.00. The normalized spacial score (nSPS) is 10.2. The van der Waals surface area contributed by atoms with Crippen LogP contribution in [0.3, 0.4) is 0 Å². The summed E-state index contributed by atoms with van der Waals surface area (Å²) in [7, 11) is 0. The van der Waals surface area contributed by atoms with Crippen molar-refractivity contribution in [2.45, 2.75) is 6.92 Å². The van der Waals surface area contributed by atoms with Crippen LogP contribution in [-0.4, -0.2) is 29.1 Å². The van der Waals surface area contributed by atoms with E-state index in [1.165, 1.54) is 11.8 Å². The fourth-order valence-electron chi connectivity index (χ4n) is 1.15. The molecule has 5 heteroatoms. The average Bonchev–Trinajstić information content (AvgIpc) is 2.24. The van der Waals surface area contributed by atoms with Gasteiger partial charge < -0.3 is 10.4 Å². The Morgan fingerprint density at radius 2 is 2.31 bits per heavy atom. The standard InChI is InChI=1S/C11H14ClNO2S/c1-8-6-9(2-3-10(8)12)13-11(15)7-16-5-4-14/h2-3,6,14H,4-5,7H2,1H3,(H,13,15). The van der Waals surface area contributed by atoms with E-state index in [0.717, 1.165) is 11.3 Å². The van der Waals surface area contributed by atoms with Crippen molar-refractivity contribution in [1.29, 1.82) is 0 Å². The SMILES string of the molecule is Cc1cc(NC(=O)CSCCO)ccc1Cl. The number of amides is 1. The Morgan fingerprint density at radius 3 is 2.94 bits per heavy atom. The number of halogens is 1. The van der Waals surface area contributed by atoms with Crippen LogP contribution in [0.2, 0.25) is 5.02 Å². The van der Waals surface area contributed by atoms with Gasteiger partial charge in [-0.25, -0.2) is 0 Å². The highest BCUT2D eigenvalue weighted by Crippen LogP contribution is 2.19. The van der Waals surface area contributed by atoms with Crippen molar-refractivity contribution < 1.29 is 9.90 Å². The fourth-order valence-corrected chi connectivity index (χ4v) is 1.80. The lowest BCUT2D eigenvalue weighted by Crippen LogP contribution is -2.14. The van der Waals surface area contributed by atoms with Gasteiger partial charge in [-0.15, -0.1) is 11.8 Å². The summed E-state index contributed by atoms with van der Waals surface area (Å²) in [5.74, 6) is 0.857. The maximum absolute atomic E-state index is 11.4. The molecule has 0 atom stereocenters. The summed E-state index contributed by atoms with van der Waals surface area (Å²) in [6.07, 6.45) is 0. The van der Waals surface area contributed by atoms with Crippen molar-refractivity contribution in [3.8, 4) is 0 Å². The molecule has 0 saturated heterocycles. The van der Waals surface area contributed by atoms with Crippen LogP contribution in [0.4, 0.5) is 5.69 Å². The van der Waals surface area contributed by atoms with Gasteiger partial charge in [0.1, 0.15) is 0 Å². The Hall–Kier alpha value is -0.710. The van der Waals surface area contributed by atoms with E-state index in [0.29, 0.717) is 16.5 Å². The number of carbonyl (C=O) groups excluding carboxylic acids is 1. The average molecular weight is 260 g/mol. The quantitative estimate of drug-likeness (QED) is 0.798. The molecule has 0 spiro atoms. The van der Waals surface area contributed by atoms with Gasteiger partial charge in [0.15, 0.2) is 0 Å². The molecule has 0 radical (unpaired) electrons. The second kappa shape index (κ2) is 6.78. The van der Waals surface area contributed by atoms with Crippen LogP contribution in [0.25, 0.3) is 0 Å². The number of aryl methyl sites for hydroxylation is 1. The van der Waals surface area contributed by atoms with Crippen LogP contribution in [0.1, 0.15) is 5.56 Å². The molecular formula is C11H14ClNO2S. The zero-order chi connectivity index (χ0) is 12.0. The first kappa shape index (κ1) is 13.4. The number of nitrogens with one attached hydrogen (secondary N) is 1. The number of hydrogen-bond acceptors (Lipinski definition) is 3. The van der Waals surface area contributed by atoms with Crippen molar-refractivity contribution in [2.75, 3.05) is 23.4 Å². The lowest BCUT2D eigenvalue weighted by atomic mass is 10.2. The van der Waals surface area contributed by atoms with E-state index in [1.54, 1.807) is 12.1 Å². The first-order valence-corrected chi connectivity index (χ1v) is 6.41. The van der Waals surface area contributed by atoms with E-state index in [4.69, 9.17) is 16.7 Å². The number of anilines is 1. The topological polar surface area (TPSA) is 49.3 Å². The van der Waals surface area contributed by atoms with Crippen molar-refractivity contribution >= 4 is 35.0 Å². The number of rotatable bonds is 5. The Labute approximate surface area is 104 Å². The number of hydrogen-bond donors (Lipinski definition) is 2. The van der Waals surface area contributed by atoms with Crippen LogP contribution in [-0.2, 0) is 4.79 Å². The third-order valence-corrected chi connectivity index (χ3v) is 3.27. The summed E-state index contributed by atoms with van der Waals surface area (Å²) in [5.41, 5.74) is 1.68. The second-order valence-electron chi connectivity index (χ2n) is 3.29. The molecule has 0 saturated carbocycles. The highest BCUT2D eigenvalue weighted by Gasteiger charge is 2.03. The van der Waals surface area contributed by atoms with Crippen LogP contribution in [0.5, 0.6) is 0 Å². The van der Waals surface area contributed by atoms with Gasteiger partial charge in [0.2, 0.25) is 5.91 Å². The molecule has 3 nitrogen and oxygen atoms in total. The molecule has 2 N–H and O–H groups in total. The van der Waals surface area contributed by atoms with E-state index in [-0.39, 0.29) is 12.5 Å². The molecule has 0 aliphatic carbocycles. The minimum Gasteiger partial charge on any atom is -0.396 e. The summed E-state index contributed by atoms with van der Waals surface area (Å²) in [5, 5.41) is 12.0. The lowest BCUT2D eigenvalue weighted by molar-refractivity contribution is -0.113. The first-order valence-electron chi connectivity index (χ1n) is 4.88. The molecule has 0 heterocycles. The number of aliphatic hydroxyl groups excluding tert-OH is 1. The predicted molar refractivity (Wildman–Crippen MR) is 69.2 cm³/mol. The molecule has 1 rings (SSSR count). The van der Waals surface area contributed by atoms with Gasteiger partial charge in [-0.2, -0.15) is 0 Å². The number of thioether (sulfide) groups is 1. The Balaban J connectivity index is 2.46. The highest BCUT2D eigenvalue weighted by atomic mass is 35.5. The monoisotopic (exact) mass is 259 g/mol. The van der Waals surface area contributed by atoms with Crippen LogP contribution in [0.15, 0.2) is 18.2 Å². The molecule has 0 aliphatic rings. The number of benzene rings is 1. The van der Waals surface area contributed by atoms with E-state index in [9.17, 15) is 4.79 Å². The van der Waals surface area contributed by atoms with Crippen LogP contribution < -0.4 is 5.32 Å². The Morgan fingerprint density at radius 1 is 1.56 bits per heavy atom. The van der Waals surface area contributed by atoms with Crippen LogP contribution >= 0.6 is 23.4 Å². The third-order valence-electron chi connectivity index (χ3n) is 1.91.